The van der Waals surface area contributed by atoms with Crippen molar-refractivity contribution in [1.29, 1.82) is 0 Å². The van der Waals surface area contributed by atoms with Gasteiger partial charge in [-0.15, -0.1) is 0 Å². The number of hydrogen-bond acceptors (Lipinski definition) is 2. The standard InChI is InChI=1S/C13H11ClFNO2S/c1-9-7-12(5-6-13(9)15)19(17,18)16-11-4-2-3-10(14)8-11/h2-8,16H,1H3. The molecule has 2 aromatic rings. The van der Waals surface area contributed by atoms with Gasteiger partial charge in [-0.3, -0.25) is 4.72 Å². The second kappa shape index (κ2) is 5.19. The van der Waals surface area contributed by atoms with E-state index in [4.69, 9.17) is 11.6 Å². The molecule has 0 aliphatic rings. The molecule has 0 bridgehead atoms. The summed E-state index contributed by atoms with van der Waals surface area (Å²) in [4.78, 5) is 0.00590. The van der Waals surface area contributed by atoms with E-state index in [0.29, 0.717) is 10.7 Å². The first-order valence-corrected chi connectivity index (χ1v) is 7.29. The summed E-state index contributed by atoms with van der Waals surface area (Å²) in [7, 11) is -3.74. The number of halogens is 2. The minimum atomic E-state index is -3.74. The maximum Gasteiger partial charge on any atom is 0.261 e. The van der Waals surface area contributed by atoms with Gasteiger partial charge >= 0.3 is 0 Å². The van der Waals surface area contributed by atoms with E-state index in [9.17, 15) is 12.8 Å². The van der Waals surface area contributed by atoms with Crippen LogP contribution in [-0.2, 0) is 10.0 Å². The van der Waals surface area contributed by atoms with E-state index in [2.05, 4.69) is 4.72 Å². The maximum absolute atomic E-state index is 13.1. The number of aryl methyl sites for hydroxylation is 1. The van der Waals surface area contributed by atoms with Crippen molar-refractivity contribution in [3.05, 3.63) is 58.9 Å². The van der Waals surface area contributed by atoms with Crippen molar-refractivity contribution >= 4 is 27.3 Å². The number of benzene rings is 2. The minimum Gasteiger partial charge on any atom is -0.280 e. The predicted molar refractivity (Wildman–Crippen MR) is 73.4 cm³/mol. The summed E-state index contributed by atoms with van der Waals surface area (Å²) in [6.45, 7) is 1.51. The van der Waals surface area contributed by atoms with E-state index >= 15 is 0 Å². The van der Waals surface area contributed by atoms with Crippen LogP contribution in [-0.4, -0.2) is 8.42 Å². The SMILES string of the molecule is Cc1cc(S(=O)(=O)Nc2cccc(Cl)c2)ccc1F. The molecule has 6 heteroatoms. The molecule has 0 amide bonds. The van der Waals surface area contributed by atoms with Gasteiger partial charge in [0.1, 0.15) is 5.82 Å². The molecule has 0 fully saturated rings. The summed E-state index contributed by atoms with van der Waals surface area (Å²) in [6, 6.07) is 9.98. The van der Waals surface area contributed by atoms with Gasteiger partial charge in [-0.2, -0.15) is 0 Å². The molecule has 1 N–H and O–H groups in total. The molecule has 0 saturated carbocycles. The summed E-state index contributed by atoms with van der Waals surface area (Å²) in [6.07, 6.45) is 0. The first-order valence-electron chi connectivity index (χ1n) is 5.43. The normalized spacial score (nSPS) is 11.3. The summed E-state index contributed by atoms with van der Waals surface area (Å²) in [5, 5.41) is 0.426. The average Bonchev–Trinajstić information content (AvgIpc) is 2.32. The van der Waals surface area contributed by atoms with Crippen molar-refractivity contribution in [3.63, 3.8) is 0 Å². The molecule has 0 heterocycles. The number of hydrogen-bond donors (Lipinski definition) is 1. The zero-order valence-electron chi connectivity index (χ0n) is 10.0. The van der Waals surface area contributed by atoms with Crippen LogP contribution in [0.15, 0.2) is 47.4 Å². The lowest BCUT2D eigenvalue weighted by atomic mass is 10.2. The van der Waals surface area contributed by atoms with Crippen molar-refractivity contribution in [3.8, 4) is 0 Å². The second-order valence-corrected chi connectivity index (χ2v) is 6.15. The third-order valence-corrected chi connectivity index (χ3v) is 4.13. The Morgan fingerprint density at radius 3 is 2.53 bits per heavy atom. The fourth-order valence-corrected chi connectivity index (χ4v) is 2.87. The van der Waals surface area contributed by atoms with Crippen molar-refractivity contribution in [1.82, 2.24) is 0 Å². The maximum atomic E-state index is 13.1. The van der Waals surface area contributed by atoms with Gasteiger partial charge < -0.3 is 0 Å². The van der Waals surface area contributed by atoms with E-state index in [1.165, 1.54) is 25.1 Å². The highest BCUT2D eigenvalue weighted by molar-refractivity contribution is 7.92. The quantitative estimate of drug-likeness (QED) is 0.941. The molecule has 0 unspecified atom stereocenters. The van der Waals surface area contributed by atoms with Crippen LogP contribution >= 0.6 is 11.6 Å². The third kappa shape index (κ3) is 3.24. The molecule has 100 valence electrons. The van der Waals surface area contributed by atoms with Crippen LogP contribution in [0.3, 0.4) is 0 Å². The zero-order valence-corrected chi connectivity index (χ0v) is 11.6. The highest BCUT2D eigenvalue weighted by atomic mass is 35.5. The van der Waals surface area contributed by atoms with Gasteiger partial charge in [-0.1, -0.05) is 17.7 Å². The number of rotatable bonds is 3. The lowest BCUT2D eigenvalue weighted by Gasteiger charge is -2.09. The number of sulfonamides is 1. The summed E-state index contributed by atoms with van der Waals surface area (Å²) >= 11 is 5.78. The third-order valence-electron chi connectivity index (χ3n) is 2.52. The molecular weight excluding hydrogens is 289 g/mol. The molecule has 0 aliphatic heterocycles. The highest BCUT2D eigenvalue weighted by Crippen LogP contribution is 2.20. The summed E-state index contributed by atoms with van der Waals surface area (Å²) in [5.74, 6) is -0.443. The fourth-order valence-electron chi connectivity index (χ4n) is 1.55. The molecule has 0 saturated heterocycles. The molecular formula is C13H11ClFNO2S. The smallest absolute Gasteiger partial charge is 0.261 e. The van der Waals surface area contributed by atoms with Crippen LogP contribution in [0.2, 0.25) is 5.02 Å². The molecule has 0 aliphatic carbocycles. The first-order chi connectivity index (χ1) is 8.88. The van der Waals surface area contributed by atoms with Gasteiger partial charge in [0, 0.05) is 5.02 Å². The summed E-state index contributed by atoms with van der Waals surface area (Å²) in [5.41, 5.74) is 0.628. The van der Waals surface area contributed by atoms with Gasteiger partial charge in [0.15, 0.2) is 0 Å². The average molecular weight is 300 g/mol. The van der Waals surface area contributed by atoms with Crippen LogP contribution in [0.4, 0.5) is 10.1 Å². The largest absolute Gasteiger partial charge is 0.280 e. The van der Waals surface area contributed by atoms with Crippen molar-refractivity contribution in [2.24, 2.45) is 0 Å². The Labute approximate surface area is 116 Å². The molecule has 0 atom stereocenters. The van der Waals surface area contributed by atoms with Crippen LogP contribution in [0.5, 0.6) is 0 Å². The van der Waals surface area contributed by atoms with E-state index in [1.54, 1.807) is 18.2 Å². The minimum absolute atomic E-state index is 0.00590. The Morgan fingerprint density at radius 2 is 1.89 bits per heavy atom. The van der Waals surface area contributed by atoms with E-state index in [0.717, 1.165) is 6.07 Å². The van der Waals surface area contributed by atoms with Crippen LogP contribution in [0.25, 0.3) is 0 Å². The molecule has 0 aromatic heterocycles. The van der Waals surface area contributed by atoms with Crippen molar-refractivity contribution in [2.45, 2.75) is 11.8 Å². The van der Waals surface area contributed by atoms with Gasteiger partial charge in [0.25, 0.3) is 10.0 Å². The lowest BCUT2D eigenvalue weighted by molar-refractivity contribution is 0.598. The number of anilines is 1. The van der Waals surface area contributed by atoms with Crippen molar-refractivity contribution in [2.75, 3.05) is 4.72 Å². The molecule has 19 heavy (non-hydrogen) atoms. The zero-order chi connectivity index (χ0) is 14.0. The van der Waals surface area contributed by atoms with Gasteiger partial charge in [0.2, 0.25) is 0 Å². The first kappa shape index (κ1) is 13.8. The predicted octanol–water partition coefficient (Wildman–Crippen LogP) is 3.59. The molecule has 2 aromatic carbocycles. The van der Waals surface area contributed by atoms with Gasteiger partial charge in [0.05, 0.1) is 10.6 Å². The van der Waals surface area contributed by atoms with E-state index < -0.39 is 15.8 Å². The van der Waals surface area contributed by atoms with Gasteiger partial charge in [-0.05, 0) is 48.9 Å². The van der Waals surface area contributed by atoms with Crippen LogP contribution in [0.1, 0.15) is 5.56 Å². The highest BCUT2D eigenvalue weighted by Gasteiger charge is 2.15. The Balaban J connectivity index is 2.35. The van der Waals surface area contributed by atoms with E-state index in [-0.39, 0.29) is 10.5 Å². The monoisotopic (exact) mass is 299 g/mol. The van der Waals surface area contributed by atoms with E-state index in [1.807, 2.05) is 0 Å². The molecule has 0 radical (unpaired) electrons. The summed E-state index contributed by atoms with van der Waals surface area (Å²) < 4.78 is 39.7. The molecule has 0 spiro atoms. The molecule has 3 nitrogen and oxygen atoms in total. The van der Waals surface area contributed by atoms with Crippen LogP contribution < -0.4 is 4.72 Å². The Hall–Kier alpha value is -1.59. The Bertz CT molecular complexity index is 716. The van der Waals surface area contributed by atoms with Crippen molar-refractivity contribution < 1.29 is 12.8 Å². The Kier molecular flexibility index (Phi) is 3.78. The second-order valence-electron chi connectivity index (χ2n) is 4.03. The lowest BCUT2D eigenvalue weighted by Crippen LogP contribution is -2.13. The molecule has 2 rings (SSSR count). The van der Waals surface area contributed by atoms with Crippen LogP contribution in [0, 0.1) is 12.7 Å². The topological polar surface area (TPSA) is 46.2 Å². The fraction of sp³-hybridized carbons (Fsp3) is 0.0769. The number of nitrogens with one attached hydrogen (secondary N) is 1. The Morgan fingerprint density at radius 1 is 1.16 bits per heavy atom. The van der Waals surface area contributed by atoms with Gasteiger partial charge in [-0.25, -0.2) is 12.8 Å².